The number of benzene rings is 2. The third-order valence-corrected chi connectivity index (χ3v) is 5.58. The fourth-order valence-corrected chi connectivity index (χ4v) is 4.39. The van der Waals surface area contributed by atoms with Crippen molar-refractivity contribution >= 4 is 23.5 Å². The highest BCUT2D eigenvalue weighted by Gasteiger charge is 2.21. The third-order valence-electron chi connectivity index (χ3n) is 4.48. The van der Waals surface area contributed by atoms with Crippen LogP contribution in [0.3, 0.4) is 0 Å². The van der Waals surface area contributed by atoms with Gasteiger partial charge in [0.1, 0.15) is 29.1 Å². The summed E-state index contributed by atoms with van der Waals surface area (Å²) < 4.78 is 34.4. The van der Waals surface area contributed by atoms with E-state index in [9.17, 15) is 13.6 Å². The van der Waals surface area contributed by atoms with Crippen molar-refractivity contribution in [3.63, 3.8) is 0 Å². The first-order valence-electron chi connectivity index (χ1n) is 9.73. The standard InChI is InChI=1S/C22H24F2N4O2S/c1-13(2)20-21(31-18-10-15(23)9-16(24)11-18)28(12-14-4-3-5-17(25)8-14)19(27-20)6-7-30-22(26)29/h3-5,8-11,13H,6-7,12,25H2,1-2H3,(H2,26,29). The van der Waals surface area contributed by atoms with Crippen LogP contribution in [0.15, 0.2) is 52.4 Å². The number of rotatable bonds is 8. The van der Waals surface area contributed by atoms with E-state index in [0.717, 1.165) is 22.3 Å². The maximum absolute atomic E-state index is 13.8. The summed E-state index contributed by atoms with van der Waals surface area (Å²) in [6.45, 7) is 4.50. The van der Waals surface area contributed by atoms with E-state index in [2.05, 4.69) is 0 Å². The van der Waals surface area contributed by atoms with Crippen LogP contribution in [0.1, 0.15) is 36.8 Å². The number of ether oxygens (including phenoxy) is 1. The lowest BCUT2D eigenvalue weighted by molar-refractivity contribution is 0.157. The van der Waals surface area contributed by atoms with Gasteiger partial charge >= 0.3 is 6.09 Å². The fourth-order valence-electron chi connectivity index (χ4n) is 3.16. The number of nitrogens with two attached hydrogens (primary N) is 2. The molecule has 31 heavy (non-hydrogen) atoms. The molecule has 0 aliphatic carbocycles. The molecular weight excluding hydrogens is 422 g/mol. The Balaban J connectivity index is 2.05. The predicted octanol–water partition coefficient (Wildman–Crippen LogP) is 4.70. The molecule has 0 radical (unpaired) electrons. The number of hydrogen-bond donors (Lipinski definition) is 2. The van der Waals surface area contributed by atoms with Gasteiger partial charge in [-0.25, -0.2) is 18.6 Å². The number of anilines is 1. The van der Waals surface area contributed by atoms with Crippen LogP contribution in [0.5, 0.6) is 0 Å². The number of carbonyl (C=O) groups is 1. The molecule has 0 unspecified atom stereocenters. The summed E-state index contributed by atoms with van der Waals surface area (Å²) in [5.41, 5.74) is 13.4. The highest BCUT2D eigenvalue weighted by Crippen LogP contribution is 2.36. The largest absolute Gasteiger partial charge is 0.449 e. The molecule has 0 saturated carbocycles. The summed E-state index contributed by atoms with van der Waals surface area (Å²) in [4.78, 5) is 16.2. The van der Waals surface area contributed by atoms with Gasteiger partial charge in [-0.1, -0.05) is 37.7 Å². The molecule has 0 saturated heterocycles. The predicted molar refractivity (Wildman–Crippen MR) is 116 cm³/mol. The Morgan fingerprint density at radius 2 is 1.90 bits per heavy atom. The molecule has 2 aromatic carbocycles. The summed E-state index contributed by atoms with van der Waals surface area (Å²) in [5, 5.41) is 0.761. The first-order chi connectivity index (χ1) is 14.7. The van der Waals surface area contributed by atoms with Crippen LogP contribution >= 0.6 is 11.8 Å². The molecule has 0 spiro atoms. The van der Waals surface area contributed by atoms with Crippen molar-refractivity contribution in [1.29, 1.82) is 0 Å². The van der Waals surface area contributed by atoms with Crippen molar-refractivity contribution in [3.05, 3.63) is 71.2 Å². The van der Waals surface area contributed by atoms with Crippen molar-refractivity contribution in [3.8, 4) is 0 Å². The molecule has 1 amide bonds. The molecule has 1 aromatic heterocycles. The lowest BCUT2D eigenvalue weighted by atomic mass is 10.1. The van der Waals surface area contributed by atoms with Gasteiger partial charge < -0.3 is 20.8 Å². The van der Waals surface area contributed by atoms with E-state index in [1.54, 1.807) is 6.07 Å². The number of hydrogen-bond acceptors (Lipinski definition) is 5. The molecule has 0 atom stereocenters. The van der Waals surface area contributed by atoms with Gasteiger partial charge in [-0.2, -0.15) is 0 Å². The first kappa shape index (κ1) is 22.6. The monoisotopic (exact) mass is 446 g/mol. The van der Waals surface area contributed by atoms with Crippen LogP contribution in [0.25, 0.3) is 0 Å². The van der Waals surface area contributed by atoms with Crippen LogP contribution in [0, 0.1) is 11.6 Å². The normalized spacial score (nSPS) is 11.1. The Kier molecular flexibility index (Phi) is 7.17. The molecule has 0 aliphatic rings. The summed E-state index contributed by atoms with van der Waals surface area (Å²) >= 11 is 1.24. The van der Waals surface area contributed by atoms with Crippen molar-refractivity contribution in [1.82, 2.24) is 9.55 Å². The van der Waals surface area contributed by atoms with Crippen molar-refractivity contribution < 1.29 is 18.3 Å². The first-order valence-corrected chi connectivity index (χ1v) is 10.5. The smallest absolute Gasteiger partial charge is 0.404 e. The topological polar surface area (TPSA) is 96.2 Å². The second-order valence-corrected chi connectivity index (χ2v) is 8.39. The number of imidazole rings is 1. The maximum Gasteiger partial charge on any atom is 0.404 e. The van der Waals surface area contributed by atoms with Gasteiger partial charge in [0.15, 0.2) is 0 Å². The van der Waals surface area contributed by atoms with E-state index >= 15 is 0 Å². The van der Waals surface area contributed by atoms with Crippen LogP contribution in [-0.4, -0.2) is 22.3 Å². The van der Waals surface area contributed by atoms with Crippen molar-refractivity contribution in [2.24, 2.45) is 5.73 Å². The lowest BCUT2D eigenvalue weighted by Crippen LogP contribution is -2.16. The molecule has 3 rings (SSSR count). The zero-order valence-electron chi connectivity index (χ0n) is 17.3. The Morgan fingerprint density at radius 3 is 2.52 bits per heavy atom. The maximum atomic E-state index is 13.8. The Morgan fingerprint density at radius 1 is 1.19 bits per heavy atom. The minimum atomic E-state index is -0.858. The van der Waals surface area contributed by atoms with Gasteiger partial charge in [-0.3, -0.25) is 0 Å². The fraction of sp³-hybridized carbons (Fsp3) is 0.273. The average molecular weight is 447 g/mol. The second-order valence-electron chi connectivity index (χ2n) is 7.33. The number of aromatic nitrogens is 2. The summed E-state index contributed by atoms with van der Waals surface area (Å²) in [5.74, 6) is -0.568. The van der Waals surface area contributed by atoms with E-state index in [4.69, 9.17) is 21.2 Å². The van der Waals surface area contributed by atoms with Crippen LogP contribution in [-0.2, 0) is 17.7 Å². The van der Waals surface area contributed by atoms with Gasteiger partial charge in [-0.05, 0) is 35.7 Å². The lowest BCUT2D eigenvalue weighted by Gasteiger charge is -2.14. The number of carbonyl (C=O) groups excluding carboxylic acids is 1. The highest BCUT2D eigenvalue weighted by atomic mass is 32.2. The van der Waals surface area contributed by atoms with Gasteiger partial charge in [0, 0.05) is 29.6 Å². The zero-order chi connectivity index (χ0) is 22.5. The molecular formula is C22H24F2N4O2S. The van der Waals surface area contributed by atoms with Crippen molar-refractivity contribution in [2.75, 3.05) is 12.3 Å². The summed E-state index contributed by atoms with van der Waals surface area (Å²) in [6.07, 6.45) is -0.522. The number of halogens is 2. The van der Waals surface area contributed by atoms with E-state index in [1.165, 1.54) is 23.9 Å². The Labute approximate surface area is 183 Å². The molecule has 0 bridgehead atoms. The van der Waals surface area contributed by atoms with Crippen LogP contribution in [0.4, 0.5) is 19.3 Å². The Bertz CT molecular complexity index is 1070. The molecule has 1 heterocycles. The van der Waals surface area contributed by atoms with Gasteiger partial charge in [0.25, 0.3) is 0 Å². The van der Waals surface area contributed by atoms with Gasteiger partial charge in [-0.15, -0.1) is 0 Å². The molecule has 0 fully saturated rings. The third kappa shape index (κ3) is 5.97. The van der Waals surface area contributed by atoms with E-state index < -0.39 is 17.7 Å². The quantitative estimate of drug-likeness (QED) is 0.489. The molecule has 164 valence electrons. The molecule has 4 N–H and O–H groups in total. The number of amides is 1. The van der Waals surface area contributed by atoms with Gasteiger partial charge in [0.05, 0.1) is 5.69 Å². The number of primary amides is 1. The van der Waals surface area contributed by atoms with Crippen LogP contribution < -0.4 is 11.5 Å². The van der Waals surface area contributed by atoms with Crippen molar-refractivity contribution in [2.45, 2.75) is 42.7 Å². The van der Waals surface area contributed by atoms with E-state index in [-0.39, 0.29) is 12.5 Å². The number of nitrogen functional groups attached to an aromatic ring is 1. The molecule has 6 nitrogen and oxygen atoms in total. The van der Waals surface area contributed by atoms with Crippen LogP contribution in [0.2, 0.25) is 0 Å². The van der Waals surface area contributed by atoms with E-state index in [1.807, 2.05) is 36.6 Å². The van der Waals surface area contributed by atoms with E-state index in [0.29, 0.717) is 29.4 Å². The SMILES string of the molecule is CC(C)c1nc(CCOC(N)=O)n(Cc2cccc(N)c2)c1Sc1cc(F)cc(F)c1. The minimum Gasteiger partial charge on any atom is -0.449 e. The summed E-state index contributed by atoms with van der Waals surface area (Å²) in [7, 11) is 0. The average Bonchev–Trinajstić information content (AvgIpc) is 2.98. The zero-order valence-corrected chi connectivity index (χ0v) is 18.1. The second kappa shape index (κ2) is 9.82. The minimum absolute atomic E-state index is 0.0545. The molecule has 0 aliphatic heterocycles. The number of nitrogens with zero attached hydrogens (tertiary/aromatic N) is 2. The Hall–Kier alpha value is -3.07. The molecule has 9 heteroatoms. The molecule has 3 aromatic rings. The van der Waals surface area contributed by atoms with Gasteiger partial charge in [0.2, 0.25) is 0 Å². The highest BCUT2D eigenvalue weighted by molar-refractivity contribution is 7.99. The summed E-state index contributed by atoms with van der Waals surface area (Å²) in [6, 6.07) is 10.8.